The van der Waals surface area contributed by atoms with Crippen LogP contribution in [0.4, 0.5) is 0 Å². The number of fused-ring (bicyclic) bond motifs is 1. The first-order chi connectivity index (χ1) is 7.02. The molecule has 0 aliphatic carbocycles. The summed E-state index contributed by atoms with van der Waals surface area (Å²) in [6.45, 7) is 5.38. The normalized spacial score (nSPS) is 22.1. The molecule has 1 atom stereocenters. The van der Waals surface area contributed by atoms with Crippen molar-refractivity contribution in [1.82, 2.24) is 14.7 Å². The van der Waals surface area contributed by atoms with Crippen molar-refractivity contribution in [2.75, 3.05) is 13.6 Å². The average Bonchev–Trinajstić information content (AvgIpc) is 2.41. The van der Waals surface area contributed by atoms with E-state index in [1.807, 2.05) is 11.7 Å². The summed E-state index contributed by atoms with van der Waals surface area (Å²) in [5, 5.41) is 2.86. The number of rotatable bonds is 1. The Morgan fingerprint density at radius 3 is 2.67 bits per heavy atom. The maximum Gasteiger partial charge on any atom is 0.267 e. The molecular formula is C11H19N3O. The van der Waals surface area contributed by atoms with E-state index in [0.717, 1.165) is 18.5 Å². The van der Waals surface area contributed by atoms with E-state index >= 15 is 0 Å². The highest BCUT2D eigenvalue weighted by Gasteiger charge is 2.31. The molecule has 84 valence electrons. The summed E-state index contributed by atoms with van der Waals surface area (Å²) < 4.78 is 1.89. The zero-order valence-electron chi connectivity index (χ0n) is 9.87. The SMILES string of the molecule is CC(C)C1c2c(c(=O)[nH]n2C)CCN1C. The third-order valence-electron chi connectivity index (χ3n) is 3.31. The zero-order chi connectivity index (χ0) is 11.2. The largest absolute Gasteiger partial charge is 0.297 e. The van der Waals surface area contributed by atoms with Gasteiger partial charge in [-0.3, -0.25) is 19.5 Å². The fourth-order valence-electron chi connectivity index (χ4n) is 2.68. The van der Waals surface area contributed by atoms with E-state index in [-0.39, 0.29) is 5.56 Å². The number of aromatic amines is 1. The third-order valence-corrected chi connectivity index (χ3v) is 3.31. The molecule has 0 saturated carbocycles. The lowest BCUT2D eigenvalue weighted by Gasteiger charge is -2.35. The predicted molar refractivity (Wildman–Crippen MR) is 59.9 cm³/mol. The minimum Gasteiger partial charge on any atom is -0.297 e. The van der Waals surface area contributed by atoms with Crippen LogP contribution in [0.15, 0.2) is 4.79 Å². The fraction of sp³-hybridized carbons (Fsp3) is 0.727. The lowest BCUT2D eigenvalue weighted by molar-refractivity contribution is 0.172. The van der Waals surface area contributed by atoms with Gasteiger partial charge in [-0.05, 0) is 19.4 Å². The molecule has 15 heavy (non-hydrogen) atoms. The highest BCUT2D eigenvalue weighted by atomic mass is 16.1. The Bertz CT molecular complexity index is 416. The summed E-state index contributed by atoms with van der Waals surface area (Å²) in [7, 11) is 4.06. The van der Waals surface area contributed by atoms with Crippen molar-refractivity contribution in [2.24, 2.45) is 13.0 Å². The topological polar surface area (TPSA) is 41.0 Å². The van der Waals surface area contributed by atoms with Gasteiger partial charge < -0.3 is 0 Å². The maximum absolute atomic E-state index is 11.7. The van der Waals surface area contributed by atoms with Crippen LogP contribution in [-0.2, 0) is 13.5 Å². The Labute approximate surface area is 89.9 Å². The summed E-state index contributed by atoms with van der Waals surface area (Å²) in [5.41, 5.74) is 2.24. The van der Waals surface area contributed by atoms with Gasteiger partial charge in [-0.2, -0.15) is 0 Å². The van der Waals surface area contributed by atoms with Crippen LogP contribution in [-0.4, -0.2) is 28.3 Å². The molecule has 1 aliphatic rings. The molecule has 0 saturated heterocycles. The van der Waals surface area contributed by atoms with Crippen molar-refractivity contribution in [2.45, 2.75) is 26.3 Å². The molecular weight excluding hydrogens is 190 g/mol. The Morgan fingerprint density at radius 2 is 2.07 bits per heavy atom. The van der Waals surface area contributed by atoms with Crippen molar-refractivity contribution in [3.8, 4) is 0 Å². The van der Waals surface area contributed by atoms with Crippen LogP contribution < -0.4 is 5.56 Å². The average molecular weight is 209 g/mol. The molecule has 1 aromatic rings. The molecule has 0 fully saturated rings. The summed E-state index contributed by atoms with van der Waals surface area (Å²) in [4.78, 5) is 14.0. The molecule has 4 heteroatoms. The zero-order valence-corrected chi connectivity index (χ0v) is 9.87. The number of nitrogens with zero attached hydrogens (tertiary/aromatic N) is 2. The number of H-pyrrole nitrogens is 1. The lowest BCUT2D eigenvalue weighted by Crippen LogP contribution is -2.37. The molecule has 2 rings (SSSR count). The first-order valence-corrected chi connectivity index (χ1v) is 5.50. The molecule has 0 spiro atoms. The van der Waals surface area contributed by atoms with E-state index in [2.05, 4.69) is 30.9 Å². The number of nitrogens with one attached hydrogen (secondary N) is 1. The summed E-state index contributed by atoms with van der Waals surface area (Å²) in [6.07, 6.45) is 0.866. The van der Waals surface area contributed by atoms with Gasteiger partial charge in [0.2, 0.25) is 0 Å². The highest BCUT2D eigenvalue weighted by Crippen LogP contribution is 2.31. The van der Waals surface area contributed by atoms with E-state index in [0.29, 0.717) is 12.0 Å². The second-order valence-electron chi connectivity index (χ2n) is 4.78. The van der Waals surface area contributed by atoms with Crippen LogP contribution in [0.3, 0.4) is 0 Å². The Morgan fingerprint density at radius 1 is 1.40 bits per heavy atom. The maximum atomic E-state index is 11.7. The molecule has 2 heterocycles. The van der Waals surface area contributed by atoms with Gasteiger partial charge >= 0.3 is 0 Å². The first-order valence-electron chi connectivity index (χ1n) is 5.50. The number of aromatic nitrogens is 2. The van der Waals surface area contributed by atoms with Crippen molar-refractivity contribution >= 4 is 0 Å². The van der Waals surface area contributed by atoms with Crippen molar-refractivity contribution in [3.05, 3.63) is 21.6 Å². The monoisotopic (exact) mass is 209 g/mol. The van der Waals surface area contributed by atoms with Gasteiger partial charge in [-0.25, -0.2) is 0 Å². The quantitative estimate of drug-likeness (QED) is 0.746. The lowest BCUT2D eigenvalue weighted by atomic mass is 9.92. The van der Waals surface area contributed by atoms with Crippen molar-refractivity contribution < 1.29 is 0 Å². The predicted octanol–water partition coefficient (Wildman–Crippen LogP) is 0.898. The smallest absolute Gasteiger partial charge is 0.267 e. The number of aryl methyl sites for hydroxylation is 1. The standard InChI is InChI=1S/C11H19N3O/c1-7(2)9-10-8(5-6-13(9)3)11(15)12-14(10)4/h7,9H,5-6H2,1-4H3,(H,12,15). The van der Waals surface area contributed by atoms with E-state index < -0.39 is 0 Å². The number of likely N-dealkylation sites (N-methyl/N-ethyl adjacent to an activating group) is 1. The number of hydrogen-bond acceptors (Lipinski definition) is 2. The van der Waals surface area contributed by atoms with Gasteiger partial charge in [-0.1, -0.05) is 13.8 Å². The molecule has 0 amide bonds. The van der Waals surface area contributed by atoms with Gasteiger partial charge in [0.15, 0.2) is 0 Å². The van der Waals surface area contributed by atoms with Crippen LogP contribution in [0, 0.1) is 5.92 Å². The van der Waals surface area contributed by atoms with Gasteiger partial charge in [0, 0.05) is 19.2 Å². The Balaban J connectivity index is 2.56. The van der Waals surface area contributed by atoms with E-state index in [4.69, 9.17) is 0 Å². The molecule has 1 unspecified atom stereocenters. The molecule has 0 aromatic carbocycles. The summed E-state index contributed by atoms with van der Waals surface area (Å²) in [5.74, 6) is 0.524. The van der Waals surface area contributed by atoms with E-state index in [1.165, 1.54) is 5.69 Å². The molecule has 1 aliphatic heterocycles. The van der Waals surface area contributed by atoms with Gasteiger partial charge in [-0.15, -0.1) is 0 Å². The Hall–Kier alpha value is -1.03. The summed E-state index contributed by atoms with van der Waals surface area (Å²) in [6, 6.07) is 0.359. The van der Waals surface area contributed by atoms with Crippen LogP contribution >= 0.6 is 0 Å². The molecule has 0 bridgehead atoms. The van der Waals surface area contributed by atoms with Crippen LogP contribution in [0.25, 0.3) is 0 Å². The third kappa shape index (κ3) is 1.53. The fourth-order valence-corrected chi connectivity index (χ4v) is 2.68. The first kappa shape index (κ1) is 10.5. The van der Waals surface area contributed by atoms with E-state index in [9.17, 15) is 4.79 Å². The van der Waals surface area contributed by atoms with Crippen LogP contribution in [0.5, 0.6) is 0 Å². The number of hydrogen-bond donors (Lipinski definition) is 1. The molecule has 4 nitrogen and oxygen atoms in total. The Kier molecular flexibility index (Phi) is 2.46. The second kappa shape index (κ2) is 3.52. The van der Waals surface area contributed by atoms with Crippen LogP contribution in [0.2, 0.25) is 0 Å². The molecule has 0 radical (unpaired) electrons. The van der Waals surface area contributed by atoms with Crippen molar-refractivity contribution in [3.63, 3.8) is 0 Å². The second-order valence-corrected chi connectivity index (χ2v) is 4.78. The highest BCUT2D eigenvalue weighted by molar-refractivity contribution is 5.25. The summed E-state index contributed by atoms with van der Waals surface area (Å²) >= 11 is 0. The van der Waals surface area contributed by atoms with Crippen molar-refractivity contribution in [1.29, 1.82) is 0 Å². The van der Waals surface area contributed by atoms with Gasteiger partial charge in [0.1, 0.15) is 0 Å². The molecule has 1 aromatic heterocycles. The van der Waals surface area contributed by atoms with E-state index in [1.54, 1.807) is 0 Å². The molecule has 1 N–H and O–H groups in total. The van der Waals surface area contributed by atoms with Gasteiger partial charge in [0.25, 0.3) is 5.56 Å². The van der Waals surface area contributed by atoms with Crippen LogP contribution in [0.1, 0.15) is 31.1 Å². The minimum absolute atomic E-state index is 0.0891. The minimum atomic E-state index is 0.0891. The van der Waals surface area contributed by atoms with Gasteiger partial charge in [0.05, 0.1) is 11.7 Å².